The third-order valence-corrected chi connectivity index (χ3v) is 6.85. The number of rotatable bonds is 5. The molecule has 0 radical (unpaired) electrons. The standard InChI is InChI=1S/C18H21NO3S/c1-13-8-10-14(11-9-13)16-17(18(16,19)12-22-2)23(20,21)15-6-4-3-5-7-15/h3-11,16-17H,12,19H2,1-2H3/t16-,17-,18+/m1/s1. The molecular weight excluding hydrogens is 310 g/mol. The van der Waals surface area contributed by atoms with E-state index in [0.29, 0.717) is 4.90 Å². The summed E-state index contributed by atoms with van der Waals surface area (Å²) in [5.74, 6) is -0.256. The monoisotopic (exact) mass is 331 g/mol. The number of sulfone groups is 1. The number of aryl methyl sites for hydroxylation is 1. The average molecular weight is 331 g/mol. The van der Waals surface area contributed by atoms with E-state index in [0.717, 1.165) is 11.1 Å². The Kier molecular flexibility index (Phi) is 4.04. The predicted octanol–water partition coefficient (Wildman–Crippen LogP) is 2.28. The van der Waals surface area contributed by atoms with E-state index in [4.69, 9.17) is 10.5 Å². The van der Waals surface area contributed by atoms with Gasteiger partial charge in [-0.15, -0.1) is 0 Å². The second kappa shape index (κ2) is 5.74. The van der Waals surface area contributed by atoms with Crippen molar-refractivity contribution in [2.75, 3.05) is 13.7 Å². The van der Waals surface area contributed by atoms with Crippen LogP contribution in [-0.2, 0) is 14.6 Å². The van der Waals surface area contributed by atoms with Crippen LogP contribution in [0.5, 0.6) is 0 Å². The maximum atomic E-state index is 13.0. The molecule has 3 atom stereocenters. The lowest BCUT2D eigenvalue weighted by molar-refractivity contribution is 0.171. The first-order chi connectivity index (χ1) is 10.9. The highest BCUT2D eigenvalue weighted by Gasteiger charge is 2.69. The fraction of sp³-hybridized carbons (Fsp3) is 0.333. The van der Waals surface area contributed by atoms with Crippen LogP contribution in [0.2, 0.25) is 0 Å². The molecule has 0 heterocycles. The molecule has 0 aromatic heterocycles. The molecule has 3 rings (SSSR count). The smallest absolute Gasteiger partial charge is 0.183 e. The lowest BCUT2D eigenvalue weighted by Gasteiger charge is -2.11. The van der Waals surface area contributed by atoms with Gasteiger partial charge in [0.15, 0.2) is 9.84 Å². The first-order valence-electron chi connectivity index (χ1n) is 7.54. The van der Waals surface area contributed by atoms with Crippen molar-refractivity contribution >= 4 is 9.84 Å². The lowest BCUT2D eigenvalue weighted by atomic mass is 10.1. The minimum absolute atomic E-state index is 0.211. The van der Waals surface area contributed by atoms with Crippen molar-refractivity contribution in [2.45, 2.75) is 28.5 Å². The zero-order valence-corrected chi connectivity index (χ0v) is 14.1. The van der Waals surface area contributed by atoms with Gasteiger partial charge in [0.2, 0.25) is 0 Å². The van der Waals surface area contributed by atoms with Gasteiger partial charge in [-0.25, -0.2) is 8.42 Å². The SMILES string of the molecule is COC[C@]1(N)[C@H](c2ccc(C)cc2)[C@H]1S(=O)(=O)c1ccccc1. The normalized spacial score (nSPS) is 26.9. The van der Waals surface area contributed by atoms with Crippen molar-refractivity contribution in [3.05, 3.63) is 65.7 Å². The van der Waals surface area contributed by atoms with Gasteiger partial charge in [0, 0.05) is 13.0 Å². The lowest BCUT2D eigenvalue weighted by Crippen LogP contribution is -2.35. The van der Waals surface area contributed by atoms with Crippen molar-refractivity contribution in [1.82, 2.24) is 0 Å². The van der Waals surface area contributed by atoms with E-state index in [9.17, 15) is 8.42 Å². The molecule has 5 heteroatoms. The van der Waals surface area contributed by atoms with Crippen LogP contribution in [0.25, 0.3) is 0 Å². The molecule has 122 valence electrons. The van der Waals surface area contributed by atoms with Crippen LogP contribution in [0.15, 0.2) is 59.5 Å². The van der Waals surface area contributed by atoms with Gasteiger partial charge >= 0.3 is 0 Å². The molecule has 1 aliphatic rings. The summed E-state index contributed by atoms with van der Waals surface area (Å²) in [5, 5.41) is -0.667. The predicted molar refractivity (Wildman–Crippen MR) is 90.1 cm³/mol. The number of methoxy groups -OCH3 is 1. The number of hydrogen-bond acceptors (Lipinski definition) is 4. The molecule has 0 spiro atoms. The van der Waals surface area contributed by atoms with E-state index >= 15 is 0 Å². The summed E-state index contributed by atoms with van der Waals surface area (Å²) in [6, 6.07) is 16.4. The Morgan fingerprint density at radius 3 is 2.26 bits per heavy atom. The molecule has 1 aliphatic carbocycles. The Hall–Kier alpha value is -1.69. The second-order valence-corrected chi connectivity index (χ2v) is 8.28. The van der Waals surface area contributed by atoms with E-state index in [-0.39, 0.29) is 12.5 Å². The van der Waals surface area contributed by atoms with Crippen LogP contribution in [0, 0.1) is 6.92 Å². The molecule has 0 unspecified atom stereocenters. The van der Waals surface area contributed by atoms with Gasteiger partial charge in [0.05, 0.1) is 22.3 Å². The minimum atomic E-state index is -3.51. The molecule has 1 saturated carbocycles. The van der Waals surface area contributed by atoms with Gasteiger partial charge < -0.3 is 10.5 Å². The summed E-state index contributed by atoms with van der Waals surface area (Å²) in [6.45, 7) is 2.21. The minimum Gasteiger partial charge on any atom is -0.383 e. The topological polar surface area (TPSA) is 69.4 Å². The maximum Gasteiger partial charge on any atom is 0.183 e. The summed E-state index contributed by atoms with van der Waals surface area (Å²) in [6.07, 6.45) is 0. The van der Waals surface area contributed by atoms with E-state index in [1.165, 1.54) is 0 Å². The maximum absolute atomic E-state index is 13.0. The number of benzene rings is 2. The molecule has 0 bridgehead atoms. The molecule has 2 aromatic rings. The first kappa shape index (κ1) is 16.2. The van der Waals surface area contributed by atoms with Crippen LogP contribution in [-0.4, -0.2) is 32.9 Å². The Labute approximate surface area is 137 Å². The van der Waals surface area contributed by atoms with E-state index in [1.54, 1.807) is 37.4 Å². The molecular formula is C18H21NO3S. The quantitative estimate of drug-likeness (QED) is 0.912. The highest BCUT2D eigenvalue weighted by molar-refractivity contribution is 7.92. The summed E-state index contributed by atoms with van der Waals surface area (Å²) >= 11 is 0. The van der Waals surface area contributed by atoms with Crippen molar-refractivity contribution in [3.8, 4) is 0 Å². The number of ether oxygens (including phenoxy) is 1. The van der Waals surface area contributed by atoms with Crippen LogP contribution in [0.3, 0.4) is 0 Å². The van der Waals surface area contributed by atoms with Crippen LogP contribution in [0.4, 0.5) is 0 Å². The van der Waals surface area contributed by atoms with Crippen molar-refractivity contribution in [1.29, 1.82) is 0 Å². The van der Waals surface area contributed by atoms with Crippen LogP contribution in [0.1, 0.15) is 17.0 Å². The highest BCUT2D eigenvalue weighted by atomic mass is 32.2. The summed E-state index contributed by atoms with van der Waals surface area (Å²) < 4.78 is 31.2. The largest absolute Gasteiger partial charge is 0.383 e. The summed E-state index contributed by atoms with van der Waals surface area (Å²) in [5.41, 5.74) is 7.62. The zero-order valence-electron chi connectivity index (χ0n) is 13.3. The number of hydrogen-bond donors (Lipinski definition) is 1. The Morgan fingerprint density at radius 1 is 1.09 bits per heavy atom. The second-order valence-electron chi connectivity index (χ2n) is 6.21. The van der Waals surface area contributed by atoms with Gasteiger partial charge in [-0.1, -0.05) is 48.0 Å². The third kappa shape index (κ3) is 2.69. The molecule has 0 saturated heterocycles. The van der Waals surface area contributed by atoms with Crippen molar-refractivity contribution in [2.24, 2.45) is 5.73 Å². The fourth-order valence-electron chi connectivity index (χ4n) is 3.33. The fourth-order valence-corrected chi connectivity index (χ4v) is 5.64. The van der Waals surface area contributed by atoms with E-state index < -0.39 is 20.6 Å². The van der Waals surface area contributed by atoms with Crippen LogP contribution >= 0.6 is 0 Å². The molecule has 1 fully saturated rings. The van der Waals surface area contributed by atoms with Crippen molar-refractivity contribution < 1.29 is 13.2 Å². The highest BCUT2D eigenvalue weighted by Crippen LogP contribution is 2.55. The van der Waals surface area contributed by atoms with E-state index in [2.05, 4.69) is 0 Å². The molecule has 0 aliphatic heterocycles. The first-order valence-corrected chi connectivity index (χ1v) is 9.09. The Bertz CT molecular complexity index is 787. The molecule has 2 N–H and O–H groups in total. The summed E-state index contributed by atoms with van der Waals surface area (Å²) in [7, 11) is -1.96. The van der Waals surface area contributed by atoms with Gasteiger partial charge in [-0.2, -0.15) is 0 Å². The van der Waals surface area contributed by atoms with Gasteiger partial charge in [0.1, 0.15) is 0 Å². The third-order valence-electron chi connectivity index (χ3n) is 4.54. The number of nitrogens with two attached hydrogens (primary N) is 1. The Morgan fingerprint density at radius 2 is 1.70 bits per heavy atom. The average Bonchev–Trinajstić information content (AvgIpc) is 3.15. The zero-order chi connectivity index (χ0) is 16.7. The van der Waals surface area contributed by atoms with E-state index in [1.807, 2.05) is 31.2 Å². The van der Waals surface area contributed by atoms with Crippen molar-refractivity contribution in [3.63, 3.8) is 0 Å². The van der Waals surface area contributed by atoms with Gasteiger partial charge in [-0.05, 0) is 24.6 Å². The molecule has 0 amide bonds. The molecule has 23 heavy (non-hydrogen) atoms. The summed E-state index contributed by atoms with van der Waals surface area (Å²) in [4.78, 5) is 0.311. The van der Waals surface area contributed by atoms with Gasteiger partial charge in [0.25, 0.3) is 0 Å². The molecule has 4 nitrogen and oxygen atoms in total. The Balaban J connectivity index is 2.01. The van der Waals surface area contributed by atoms with Gasteiger partial charge in [-0.3, -0.25) is 0 Å². The van der Waals surface area contributed by atoms with Crippen LogP contribution < -0.4 is 5.73 Å². The molecule has 2 aromatic carbocycles.